The number of amides is 1. The zero-order valence-corrected chi connectivity index (χ0v) is 14.3. The van der Waals surface area contributed by atoms with Gasteiger partial charge < -0.3 is 5.32 Å². The maximum absolute atomic E-state index is 12.1. The number of nitrogens with zero attached hydrogens (tertiary/aromatic N) is 3. The van der Waals surface area contributed by atoms with Crippen LogP contribution in [0.3, 0.4) is 0 Å². The summed E-state index contributed by atoms with van der Waals surface area (Å²) in [7, 11) is 0. The molecule has 0 bridgehead atoms. The van der Waals surface area contributed by atoms with Crippen molar-refractivity contribution in [2.24, 2.45) is 5.92 Å². The molecule has 0 saturated heterocycles. The van der Waals surface area contributed by atoms with E-state index in [0.717, 1.165) is 35.5 Å². The number of benzene rings is 1. The van der Waals surface area contributed by atoms with Gasteiger partial charge in [0.25, 0.3) is 0 Å². The number of imidazole rings is 1. The highest BCUT2D eigenvalue weighted by molar-refractivity contribution is 5.92. The molecule has 0 spiro atoms. The summed E-state index contributed by atoms with van der Waals surface area (Å²) in [6, 6.07) is 9.72. The highest BCUT2D eigenvalue weighted by Crippen LogP contribution is 2.21. The van der Waals surface area contributed by atoms with Crippen LogP contribution in [0.15, 0.2) is 42.7 Å². The molecule has 5 nitrogen and oxygen atoms in total. The number of carbonyl (C=O) groups excluding carboxylic acids is 1. The quantitative estimate of drug-likeness (QED) is 0.770. The number of hydrogen-bond donors (Lipinski definition) is 1. The molecule has 1 aromatic carbocycles. The Kier molecular flexibility index (Phi) is 4.60. The second-order valence-corrected chi connectivity index (χ2v) is 5.98. The normalized spacial score (nSPS) is 11.2. The summed E-state index contributed by atoms with van der Waals surface area (Å²) < 4.78 is 1.91. The van der Waals surface area contributed by atoms with Gasteiger partial charge in [-0.05, 0) is 38.0 Å². The van der Waals surface area contributed by atoms with Gasteiger partial charge in [-0.3, -0.25) is 9.20 Å². The van der Waals surface area contributed by atoms with Gasteiger partial charge in [-0.15, -0.1) is 0 Å². The second-order valence-electron chi connectivity index (χ2n) is 5.98. The molecule has 2 aromatic heterocycles. The molecule has 0 aliphatic rings. The lowest BCUT2D eigenvalue weighted by Crippen LogP contribution is -2.21. The molecular weight excluding hydrogens is 300 g/mol. The minimum Gasteiger partial charge on any atom is -0.326 e. The minimum atomic E-state index is 0.0671. The first-order chi connectivity index (χ1) is 11.6. The van der Waals surface area contributed by atoms with Crippen LogP contribution in [0.4, 0.5) is 5.69 Å². The Hall–Kier alpha value is -2.69. The van der Waals surface area contributed by atoms with Crippen LogP contribution in [0.25, 0.3) is 17.0 Å². The van der Waals surface area contributed by atoms with E-state index >= 15 is 0 Å². The molecule has 124 valence electrons. The van der Waals surface area contributed by atoms with Gasteiger partial charge in [0.2, 0.25) is 11.7 Å². The summed E-state index contributed by atoms with van der Waals surface area (Å²) in [5.41, 5.74) is 3.62. The highest BCUT2D eigenvalue weighted by Gasteiger charge is 2.14. The van der Waals surface area contributed by atoms with Crippen molar-refractivity contribution in [2.75, 3.05) is 5.32 Å². The van der Waals surface area contributed by atoms with Crippen molar-refractivity contribution in [2.45, 2.75) is 33.6 Å². The molecule has 0 unspecified atom stereocenters. The van der Waals surface area contributed by atoms with Crippen molar-refractivity contribution in [3.63, 3.8) is 0 Å². The Morgan fingerprint density at radius 3 is 2.50 bits per heavy atom. The third-order valence-electron chi connectivity index (χ3n) is 4.27. The first kappa shape index (κ1) is 16.2. The van der Waals surface area contributed by atoms with Gasteiger partial charge in [0.05, 0.1) is 5.69 Å². The summed E-state index contributed by atoms with van der Waals surface area (Å²) >= 11 is 0. The SMILES string of the molecule is CCC(CC)C(=O)Nc1ccc(-c2cn3ccc(C)nc3n2)cc1. The number of aromatic nitrogens is 3. The molecule has 3 aromatic rings. The first-order valence-electron chi connectivity index (χ1n) is 8.34. The van der Waals surface area contributed by atoms with Crippen LogP contribution < -0.4 is 5.32 Å². The third kappa shape index (κ3) is 3.30. The van der Waals surface area contributed by atoms with Gasteiger partial charge in [-0.25, -0.2) is 9.97 Å². The van der Waals surface area contributed by atoms with Crippen molar-refractivity contribution in [3.8, 4) is 11.3 Å². The fourth-order valence-electron chi connectivity index (χ4n) is 2.73. The number of hydrogen-bond acceptors (Lipinski definition) is 3. The average Bonchev–Trinajstić information content (AvgIpc) is 2.99. The lowest BCUT2D eigenvalue weighted by Gasteiger charge is -2.12. The monoisotopic (exact) mass is 322 g/mol. The summed E-state index contributed by atoms with van der Waals surface area (Å²) in [6.45, 7) is 6.03. The Morgan fingerprint density at radius 1 is 1.12 bits per heavy atom. The van der Waals surface area contributed by atoms with Gasteiger partial charge in [0.1, 0.15) is 0 Å². The van der Waals surface area contributed by atoms with E-state index in [4.69, 9.17) is 0 Å². The van der Waals surface area contributed by atoms with Crippen molar-refractivity contribution < 1.29 is 4.79 Å². The van der Waals surface area contributed by atoms with Crippen LogP contribution >= 0.6 is 0 Å². The third-order valence-corrected chi connectivity index (χ3v) is 4.27. The van der Waals surface area contributed by atoms with Crippen molar-refractivity contribution in [1.29, 1.82) is 0 Å². The van der Waals surface area contributed by atoms with E-state index in [-0.39, 0.29) is 11.8 Å². The molecule has 1 N–H and O–H groups in total. The lowest BCUT2D eigenvalue weighted by atomic mass is 10.0. The number of rotatable bonds is 5. The Labute approximate surface area is 141 Å². The zero-order chi connectivity index (χ0) is 17.1. The molecular formula is C19H22N4O. The zero-order valence-electron chi connectivity index (χ0n) is 14.3. The van der Waals surface area contributed by atoms with Crippen LogP contribution in [-0.4, -0.2) is 20.3 Å². The van der Waals surface area contributed by atoms with E-state index in [0.29, 0.717) is 5.78 Å². The molecule has 1 amide bonds. The predicted octanol–water partition coefficient (Wildman–Crippen LogP) is 4.08. The fraction of sp³-hybridized carbons (Fsp3) is 0.316. The number of nitrogens with one attached hydrogen (secondary N) is 1. The molecule has 3 rings (SSSR count). The lowest BCUT2D eigenvalue weighted by molar-refractivity contribution is -0.120. The molecule has 5 heteroatoms. The molecule has 0 atom stereocenters. The standard InChI is InChI=1S/C19H22N4O/c1-4-14(5-2)18(24)21-16-8-6-15(7-9-16)17-12-23-11-10-13(3)20-19(23)22-17/h6-12,14H,4-5H2,1-3H3,(H,21,24). The van der Waals surface area contributed by atoms with E-state index in [1.54, 1.807) is 0 Å². The maximum atomic E-state index is 12.1. The minimum absolute atomic E-state index is 0.0671. The van der Waals surface area contributed by atoms with Gasteiger partial charge in [-0.1, -0.05) is 26.0 Å². The van der Waals surface area contributed by atoms with Crippen LogP contribution in [0, 0.1) is 12.8 Å². The van der Waals surface area contributed by atoms with Crippen LogP contribution in [0.1, 0.15) is 32.4 Å². The highest BCUT2D eigenvalue weighted by atomic mass is 16.1. The maximum Gasteiger partial charge on any atom is 0.234 e. The van der Waals surface area contributed by atoms with E-state index in [9.17, 15) is 4.79 Å². The van der Waals surface area contributed by atoms with Crippen LogP contribution in [0.2, 0.25) is 0 Å². The van der Waals surface area contributed by atoms with E-state index < -0.39 is 0 Å². The smallest absolute Gasteiger partial charge is 0.234 e. The first-order valence-corrected chi connectivity index (χ1v) is 8.34. The molecule has 0 saturated carbocycles. The van der Waals surface area contributed by atoms with Crippen LogP contribution in [0.5, 0.6) is 0 Å². The van der Waals surface area contributed by atoms with Gasteiger partial charge in [-0.2, -0.15) is 0 Å². The van der Waals surface area contributed by atoms with Crippen LogP contribution in [-0.2, 0) is 4.79 Å². The van der Waals surface area contributed by atoms with Crippen molar-refractivity contribution >= 4 is 17.4 Å². The van der Waals surface area contributed by atoms with Gasteiger partial charge >= 0.3 is 0 Å². The van der Waals surface area contributed by atoms with E-state index in [1.165, 1.54) is 0 Å². The largest absolute Gasteiger partial charge is 0.326 e. The summed E-state index contributed by atoms with van der Waals surface area (Å²) in [5, 5.41) is 2.98. The molecule has 0 radical (unpaired) electrons. The Morgan fingerprint density at radius 2 is 1.83 bits per heavy atom. The molecule has 0 aliphatic heterocycles. The number of aryl methyl sites for hydroxylation is 1. The number of anilines is 1. The molecule has 0 fully saturated rings. The predicted molar refractivity (Wildman–Crippen MR) is 95.9 cm³/mol. The van der Waals surface area contributed by atoms with Crippen molar-refractivity contribution in [3.05, 3.63) is 48.4 Å². The average molecular weight is 322 g/mol. The number of fused-ring (bicyclic) bond motifs is 1. The molecule has 0 aliphatic carbocycles. The van der Waals surface area contributed by atoms with Crippen molar-refractivity contribution in [1.82, 2.24) is 14.4 Å². The number of carbonyl (C=O) groups is 1. The summed E-state index contributed by atoms with van der Waals surface area (Å²) in [5.74, 6) is 0.841. The topological polar surface area (TPSA) is 59.3 Å². The summed E-state index contributed by atoms with van der Waals surface area (Å²) in [4.78, 5) is 21.1. The van der Waals surface area contributed by atoms with E-state index in [1.807, 2.05) is 67.9 Å². The second kappa shape index (κ2) is 6.83. The Balaban J connectivity index is 1.79. The fourth-order valence-corrected chi connectivity index (χ4v) is 2.73. The van der Waals surface area contributed by atoms with Gasteiger partial charge in [0.15, 0.2) is 0 Å². The molecule has 2 heterocycles. The van der Waals surface area contributed by atoms with Gasteiger partial charge in [0, 0.05) is 35.3 Å². The molecule has 24 heavy (non-hydrogen) atoms. The Bertz CT molecular complexity index is 847. The van der Waals surface area contributed by atoms with E-state index in [2.05, 4.69) is 15.3 Å². The summed E-state index contributed by atoms with van der Waals surface area (Å²) in [6.07, 6.45) is 5.63.